The van der Waals surface area contributed by atoms with Crippen LogP contribution in [0.3, 0.4) is 0 Å². The van der Waals surface area contributed by atoms with E-state index in [0.29, 0.717) is 21.7 Å². The molecule has 3 saturated carbocycles. The van der Waals surface area contributed by atoms with Crippen LogP contribution < -0.4 is 0 Å². The fourth-order valence-electron chi connectivity index (χ4n) is 10.2. The first kappa shape index (κ1) is 24.8. The second-order valence-corrected chi connectivity index (χ2v) is 14.8. The van der Waals surface area contributed by atoms with Crippen molar-refractivity contribution in [3.8, 4) is 0 Å². The van der Waals surface area contributed by atoms with Crippen molar-refractivity contribution in [2.45, 2.75) is 133 Å². The molecular weight excluding hydrogens is 388 g/mol. The van der Waals surface area contributed by atoms with Gasteiger partial charge >= 0.3 is 0 Å². The summed E-state index contributed by atoms with van der Waals surface area (Å²) in [5.41, 5.74) is 3.41. The molecular formula is C31H54O. The fraction of sp³-hybridized carbons (Fsp3) is 0.935. The van der Waals surface area contributed by atoms with E-state index in [-0.39, 0.29) is 11.5 Å². The lowest BCUT2D eigenvalue weighted by atomic mass is 9.37. The molecule has 184 valence electrons. The van der Waals surface area contributed by atoms with Crippen LogP contribution in [0.5, 0.6) is 0 Å². The van der Waals surface area contributed by atoms with Gasteiger partial charge in [-0.3, -0.25) is 0 Å². The Balaban J connectivity index is 1.79. The van der Waals surface area contributed by atoms with E-state index in [0.717, 1.165) is 30.1 Å². The second-order valence-electron chi connectivity index (χ2n) is 14.8. The zero-order valence-electron chi connectivity index (χ0n) is 23.0. The number of aliphatic hydroxyl groups is 1. The Morgan fingerprint density at radius 2 is 1.56 bits per heavy atom. The summed E-state index contributed by atoms with van der Waals surface area (Å²) in [5.74, 6) is 3.15. The van der Waals surface area contributed by atoms with E-state index in [4.69, 9.17) is 0 Å². The number of allylic oxidation sites excluding steroid dienone is 2. The predicted octanol–water partition coefficient (Wildman–Crippen LogP) is 8.81. The van der Waals surface area contributed by atoms with E-state index in [1.807, 2.05) is 5.57 Å². The molecule has 0 amide bonds. The maximum atomic E-state index is 10.7. The van der Waals surface area contributed by atoms with Crippen LogP contribution >= 0.6 is 0 Å². The van der Waals surface area contributed by atoms with Crippen LogP contribution in [0.2, 0.25) is 0 Å². The van der Waals surface area contributed by atoms with E-state index >= 15 is 0 Å². The first-order valence-electron chi connectivity index (χ1n) is 14.1. The van der Waals surface area contributed by atoms with Gasteiger partial charge in [-0.1, -0.05) is 80.4 Å². The maximum absolute atomic E-state index is 10.7. The zero-order chi connectivity index (χ0) is 23.7. The Morgan fingerprint density at radius 1 is 0.906 bits per heavy atom. The third-order valence-corrected chi connectivity index (χ3v) is 12.5. The second kappa shape index (κ2) is 7.86. The summed E-state index contributed by atoms with van der Waals surface area (Å²) >= 11 is 0. The van der Waals surface area contributed by atoms with E-state index in [1.54, 1.807) is 0 Å². The first-order valence-corrected chi connectivity index (χ1v) is 14.1. The van der Waals surface area contributed by atoms with Gasteiger partial charge in [0.2, 0.25) is 0 Å². The van der Waals surface area contributed by atoms with E-state index in [1.165, 1.54) is 57.8 Å². The van der Waals surface area contributed by atoms with E-state index < -0.39 is 0 Å². The molecule has 0 saturated heterocycles. The summed E-state index contributed by atoms with van der Waals surface area (Å²) in [7, 11) is 0. The van der Waals surface area contributed by atoms with Gasteiger partial charge in [0.15, 0.2) is 0 Å². The average molecular weight is 443 g/mol. The van der Waals surface area contributed by atoms with Crippen LogP contribution in [0.15, 0.2) is 11.6 Å². The summed E-state index contributed by atoms with van der Waals surface area (Å²) in [5, 5.41) is 10.7. The maximum Gasteiger partial charge on any atom is 0.0591 e. The SMILES string of the molecule is CCCC1(C)C(C2(C)CCC(O)C(C)(C)C2)CC=C2C3C(C)C(C)CCC3(C)CCC21C. The van der Waals surface area contributed by atoms with Crippen molar-refractivity contribution in [3.05, 3.63) is 11.6 Å². The number of aliphatic hydroxyl groups excluding tert-OH is 1. The predicted molar refractivity (Wildman–Crippen MR) is 137 cm³/mol. The summed E-state index contributed by atoms with van der Waals surface area (Å²) in [4.78, 5) is 0. The van der Waals surface area contributed by atoms with Crippen LogP contribution in [0.25, 0.3) is 0 Å². The van der Waals surface area contributed by atoms with Gasteiger partial charge < -0.3 is 5.11 Å². The molecule has 9 atom stereocenters. The third kappa shape index (κ3) is 3.41. The number of fused-ring (bicyclic) bond motifs is 3. The number of hydrogen-bond acceptors (Lipinski definition) is 1. The summed E-state index contributed by atoms with van der Waals surface area (Å²) in [6.45, 7) is 22.8. The third-order valence-electron chi connectivity index (χ3n) is 12.5. The normalized spacial score (nSPS) is 53.2. The Hall–Kier alpha value is -0.300. The highest BCUT2D eigenvalue weighted by molar-refractivity contribution is 5.32. The Bertz CT molecular complexity index is 750. The van der Waals surface area contributed by atoms with Crippen LogP contribution in [-0.2, 0) is 0 Å². The van der Waals surface area contributed by atoms with Gasteiger partial charge in [-0.2, -0.15) is 0 Å². The Kier molecular flexibility index (Phi) is 6.09. The minimum Gasteiger partial charge on any atom is -0.393 e. The molecule has 0 bridgehead atoms. The highest BCUT2D eigenvalue weighted by Gasteiger charge is 2.63. The van der Waals surface area contributed by atoms with Gasteiger partial charge in [-0.25, -0.2) is 0 Å². The van der Waals surface area contributed by atoms with Crippen LogP contribution in [0, 0.1) is 50.7 Å². The molecule has 1 nitrogen and oxygen atoms in total. The Morgan fingerprint density at radius 3 is 2.19 bits per heavy atom. The molecule has 0 aromatic rings. The quantitative estimate of drug-likeness (QED) is 0.433. The van der Waals surface area contributed by atoms with Crippen molar-refractivity contribution in [2.24, 2.45) is 50.7 Å². The van der Waals surface area contributed by atoms with Crippen molar-refractivity contribution >= 4 is 0 Å². The monoisotopic (exact) mass is 442 g/mol. The van der Waals surface area contributed by atoms with Crippen LogP contribution in [0.1, 0.15) is 127 Å². The van der Waals surface area contributed by atoms with Crippen molar-refractivity contribution in [3.63, 3.8) is 0 Å². The van der Waals surface area contributed by atoms with Crippen molar-refractivity contribution < 1.29 is 5.11 Å². The summed E-state index contributed by atoms with van der Waals surface area (Å²) in [6.07, 6.45) is 15.5. The average Bonchev–Trinajstić information content (AvgIpc) is 2.70. The largest absolute Gasteiger partial charge is 0.393 e. The molecule has 0 heterocycles. The lowest BCUT2D eigenvalue weighted by Crippen LogP contribution is -2.59. The van der Waals surface area contributed by atoms with Gasteiger partial charge in [-0.05, 0) is 109 Å². The molecule has 9 unspecified atom stereocenters. The first-order chi connectivity index (χ1) is 14.7. The molecule has 3 fully saturated rings. The van der Waals surface area contributed by atoms with Gasteiger partial charge in [0.25, 0.3) is 0 Å². The summed E-state index contributed by atoms with van der Waals surface area (Å²) in [6, 6.07) is 0. The van der Waals surface area contributed by atoms with Gasteiger partial charge in [0.05, 0.1) is 6.10 Å². The molecule has 4 rings (SSSR count). The van der Waals surface area contributed by atoms with Gasteiger partial charge in [-0.15, -0.1) is 0 Å². The van der Waals surface area contributed by atoms with E-state index in [2.05, 4.69) is 68.4 Å². The molecule has 4 aliphatic rings. The van der Waals surface area contributed by atoms with Crippen molar-refractivity contribution in [2.75, 3.05) is 0 Å². The number of rotatable bonds is 3. The van der Waals surface area contributed by atoms with Gasteiger partial charge in [0, 0.05) is 0 Å². The van der Waals surface area contributed by atoms with Crippen molar-refractivity contribution in [1.82, 2.24) is 0 Å². The molecule has 0 spiro atoms. The molecule has 32 heavy (non-hydrogen) atoms. The standard InChI is InChI=1S/C31H54O/c1-10-15-31(9)24(29(7)17-14-25(32)27(4,5)20-29)12-11-23-26-22(3)21(2)13-16-28(26,6)18-19-30(23,31)8/h11,21-22,24-26,32H,10,12-20H2,1-9H3. The molecule has 1 heteroatoms. The zero-order valence-corrected chi connectivity index (χ0v) is 23.0. The minimum atomic E-state index is -0.141. The molecule has 0 aromatic carbocycles. The molecule has 1 N–H and O–H groups in total. The molecule has 0 aromatic heterocycles. The Labute approximate surface area is 200 Å². The molecule has 4 aliphatic carbocycles. The lowest BCUT2D eigenvalue weighted by Gasteiger charge is -2.67. The summed E-state index contributed by atoms with van der Waals surface area (Å²) < 4.78 is 0. The lowest BCUT2D eigenvalue weighted by molar-refractivity contribution is -0.137. The van der Waals surface area contributed by atoms with E-state index in [9.17, 15) is 5.11 Å². The number of hydrogen-bond donors (Lipinski definition) is 1. The van der Waals surface area contributed by atoms with Crippen molar-refractivity contribution in [1.29, 1.82) is 0 Å². The highest BCUT2D eigenvalue weighted by Crippen LogP contribution is 2.72. The minimum absolute atomic E-state index is 0.0312. The molecule has 0 radical (unpaired) electrons. The van der Waals surface area contributed by atoms with Gasteiger partial charge in [0.1, 0.15) is 0 Å². The smallest absolute Gasteiger partial charge is 0.0591 e. The highest BCUT2D eigenvalue weighted by atomic mass is 16.3. The van der Waals surface area contributed by atoms with Crippen LogP contribution in [0.4, 0.5) is 0 Å². The topological polar surface area (TPSA) is 20.2 Å². The molecule has 0 aliphatic heterocycles. The fourth-order valence-corrected chi connectivity index (χ4v) is 10.2. The van der Waals surface area contributed by atoms with Crippen LogP contribution in [-0.4, -0.2) is 11.2 Å².